The molecule has 1 aliphatic rings. The first kappa shape index (κ1) is 44.4. The van der Waals surface area contributed by atoms with E-state index in [0.717, 1.165) is 0 Å². The molecule has 12 nitrogen and oxygen atoms in total. The summed E-state index contributed by atoms with van der Waals surface area (Å²) in [5.74, 6) is -0.819. The van der Waals surface area contributed by atoms with Crippen LogP contribution in [0.5, 0.6) is 0 Å². The van der Waals surface area contributed by atoms with Gasteiger partial charge < -0.3 is 38.6 Å². The highest BCUT2D eigenvalue weighted by molar-refractivity contribution is 5.87. The van der Waals surface area contributed by atoms with Crippen LogP contribution in [0.15, 0.2) is 113 Å². The highest BCUT2D eigenvalue weighted by atomic mass is 16.6. The summed E-state index contributed by atoms with van der Waals surface area (Å²) < 4.78 is 28.6. The Morgan fingerprint density at radius 3 is 2.00 bits per heavy atom. The number of methoxy groups -OCH3 is 1. The van der Waals surface area contributed by atoms with E-state index in [1.54, 1.807) is 55.8 Å². The van der Waals surface area contributed by atoms with E-state index in [1.807, 2.05) is 97.1 Å². The van der Waals surface area contributed by atoms with E-state index in [1.165, 1.54) is 12.5 Å². The number of aromatic nitrogens is 2. The Labute approximate surface area is 324 Å². The predicted octanol–water partition coefficient (Wildman–Crippen LogP) is 7.42. The van der Waals surface area contributed by atoms with E-state index < -0.39 is 53.3 Å². The number of carbonyl (C=O) groups excluding carboxylic acids is 2. The van der Waals surface area contributed by atoms with Gasteiger partial charge in [-0.15, -0.1) is 0 Å². The number of carbonyl (C=O) groups is 2. The molecule has 0 spiro atoms. The second-order valence-electron chi connectivity index (χ2n) is 14.3. The summed E-state index contributed by atoms with van der Waals surface area (Å²) in [4.78, 5) is 35.2. The standard InChI is InChI=1S/C43H57N3O9/c1-9-19-34(47)42(4,5)36-23-15-13-11-12-14-22-31(51-8)27-39-46-33(29-53-39)41(50)55-37(43(6,7)35(48)20-10-2)24-18-21-30(3)44-26-17-16-25-38-45-32(28-52-38)40(49)54-36/h9-22,25-26,28-31,34-37,44,47-48H,23-24,27H2,1-8H3/b12-11-,15-13-,19-9+,20-10+,21-18-,22-14+,25-16-,26-17+/t30-,31-,34-,35-,36-,37-/m0/s1. The Morgan fingerprint density at radius 2 is 1.38 bits per heavy atom. The molecule has 3 N–H and O–H groups in total. The number of nitrogens with one attached hydrogen (secondary N) is 1. The van der Waals surface area contributed by atoms with E-state index in [9.17, 15) is 19.8 Å². The molecule has 298 valence electrons. The Hall–Kier alpha value is -5.04. The van der Waals surface area contributed by atoms with Crippen LogP contribution in [-0.4, -0.2) is 75.8 Å². The number of hydrogen-bond acceptors (Lipinski definition) is 12. The largest absolute Gasteiger partial charge is 0.457 e. The third kappa shape index (κ3) is 13.6. The normalized spacial score (nSPS) is 26.2. The van der Waals surface area contributed by atoms with Crippen LogP contribution in [0.25, 0.3) is 6.08 Å². The van der Waals surface area contributed by atoms with Crippen molar-refractivity contribution in [3.63, 3.8) is 0 Å². The van der Waals surface area contributed by atoms with Crippen LogP contribution in [0, 0.1) is 10.8 Å². The van der Waals surface area contributed by atoms with Crippen molar-refractivity contribution in [2.75, 3.05) is 7.11 Å². The quantitative estimate of drug-likeness (QED) is 0.189. The second kappa shape index (κ2) is 21.7. The first-order valence-electron chi connectivity index (χ1n) is 18.4. The first-order valence-corrected chi connectivity index (χ1v) is 18.4. The fourth-order valence-electron chi connectivity index (χ4n) is 5.45. The van der Waals surface area contributed by atoms with Gasteiger partial charge in [-0.25, -0.2) is 19.6 Å². The molecule has 1 aliphatic heterocycles. The number of rotatable bonds is 7. The van der Waals surface area contributed by atoms with E-state index >= 15 is 0 Å². The lowest BCUT2D eigenvalue weighted by molar-refractivity contribution is -0.0461. The van der Waals surface area contributed by atoms with Gasteiger partial charge >= 0.3 is 11.9 Å². The number of aliphatic hydroxyl groups excluding tert-OH is 2. The molecule has 3 heterocycles. The zero-order valence-electron chi connectivity index (χ0n) is 33.1. The fraction of sp³-hybridized carbons (Fsp3) is 0.442. The summed E-state index contributed by atoms with van der Waals surface area (Å²) in [5.41, 5.74) is -1.64. The molecule has 0 aliphatic carbocycles. The van der Waals surface area contributed by atoms with Gasteiger partial charge in [-0.3, -0.25) is 0 Å². The van der Waals surface area contributed by atoms with Crippen LogP contribution in [0.4, 0.5) is 0 Å². The molecule has 0 fully saturated rings. The highest BCUT2D eigenvalue weighted by Gasteiger charge is 2.39. The molecule has 12 heteroatoms. The summed E-state index contributed by atoms with van der Waals surface area (Å²) in [5, 5.41) is 25.0. The molecule has 55 heavy (non-hydrogen) atoms. The molecule has 0 radical (unpaired) electrons. The monoisotopic (exact) mass is 759 g/mol. The molecule has 0 aromatic carbocycles. The predicted molar refractivity (Wildman–Crippen MR) is 212 cm³/mol. The van der Waals surface area contributed by atoms with Gasteiger partial charge in [0.2, 0.25) is 5.89 Å². The molecule has 0 amide bonds. The van der Waals surface area contributed by atoms with Gasteiger partial charge in [-0.05, 0) is 33.0 Å². The molecular weight excluding hydrogens is 702 g/mol. The number of hydrogen-bond donors (Lipinski definition) is 3. The third-order valence-corrected chi connectivity index (χ3v) is 9.33. The first-order chi connectivity index (χ1) is 26.2. The molecular formula is C43H57N3O9. The maximum Gasteiger partial charge on any atom is 0.360 e. The van der Waals surface area contributed by atoms with Gasteiger partial charge in [0.15, 0.2) is 17.3 Å². The Balaban J connectivity index is 1.90. The molecule has 6 atom stereocenters. The maximum atomic E-state index is 13.3. The van der Waals surface area contributed by atoms with Crippen LogP contribution >= 0.6 is 0 Å². The molecule has 0 saturated carbocycles. The van der Waals surface area contributed by atoms with E-state index in [2.05, 4.69) is 15.3 Å². The molecule has 3 rings (SSSR count). The number of ether oxygens (including phenoxy) is 3. The number of fused-ring (bicyclic) bond motifs is 4. The number of allylic oxidation sites excluding steroid dienone is 8. The van der Waals surface area contributed by atoms with Crippen molar-refractivity contribution in [3.05, 3.63) is 127 Å². The fourth-order valence-corrected chi connectivity index (χ4v) is 5.45. The third-order valence-electron chi connectivity index (χ3n) is 9.33. The highest BCUT2D eigenvalue weighted by Crippen LogP contribution is 2.33. The minimum atomic E-state index is -0.875. The van der Waals surface area contributed by atoms with Crippen molar-refractivity contribution < 1.29 is 42.8 Å². The van der Waals surface area contributed by atoms with Crippen molar-refractivity contribution in [1.82, 2.24) is 15.3 Å². The van der Waals surface area contributed by atoms with Crippen molar-refractivity contribution in [2.24, 2.45) is 10.8 Å². The topological polar surface area (TPSA) is 166 Å². The zero-order valence-corrected chi connectivity index (χ0v) is 33.1. The molecule has 2 aromatic heterocycles. The van der Waals surface area contributed by atoms with Gasteiger partial charge in [-0.1, -0.05) is 107 Å². The van der Waals surface area contributed by atoms with Crippen molar-refractivity contribution in [1.29, 1.82) is 0 Å². The SMILES string of the molecule is C/C=C/[C@H](O)C(C)(C)[C@@H]1C\C=C/C=C\C=C\[C@H](OC)Cc2nc(co2)C(=O)O[C@H](C(C)(C)[C@@H](O)/C=C/C)C/C=C\[C@H](C)N/C=C/C=C\c2nc(co2)C(=O)O1. The van der Waals surface area contributed by atoms with E-state index in [4.69, 9.17) is 23.0 Å². The average Bonchev–Trinajstić information content (AvgIpc) is 3.83. The van der Waals surface area contributed by atoms with E-state index in [0.29, 0.717) is 18.7 Å². The zero-order chi connectivity index (χ0) is 40.4. The minimum absolute atomic E-state index is 0.00887. The van der Waals surface area contributed by atoms with Crippen LogP contribution < -0.4 is 5.32 Å². The Bertz CT molecular complexity index is 1750. The molecule has 2 aromatic rings. The lowest BCUT2D eigenvalue weighted by Gasteiger charge is -2.36. The maximum absolute atomic E-state index is 13.3. The number of oxazole rings is 2. The molecule has 4 bridgehead atoms. The lowest BCUT2D eigenvalue weighted by Crippen LogP contribution is -2.42. The molecule has 0 unspecified atom stereocenters. The summed E-state index contributed by atoms with van der Waals surface area (Å²) in [7, 11) is 1.56. The van der Waals surface area contributed by atoms with Gasteiger partial charge in [0.1, 0.15) is 24.7 Å². The lowest BCUT2D eigenvalue weighted by atomic mass is 9.79. The summed E-state index contributed by atoms with van der Waals surface area (Å²) in [6.07, 6.45) is 28.3. The number of esters is 2. The van der Waals surface area contributed by atoms with Crippen LogP contribution in [0.3, 0.4) is 0 Å². The average molecular weight is 760 g/mol. The van der Waals surface area contributed by atoms with Gasteiger partial charge in [0.25, 0.3) is 0 Å². The van der Waals surface area contributed by atoms with Gasteiger partial charge in [0.05, 0.1) is 24.7 Å². The van der Waals surface area contributed by atoms with Gasteiger partial charge in [-0.2, -0.15) is 0 Å². The smallest absolute Gasteiger partial charge is 0.360 e. The van der Waals surface area contributed by atoms with Crippen molar-refractivity contribution >= 4 is 18.0 Å². The molecule has 0 saturated heterocycles. The summed E-state index contributed by atoms with van der Waals surface area (Å²) >= 11 is 0. The van der Waals surface area contributed by atoms with Gasteiger partial charge in [0, 0.05) is 42.9 Å². The van der Waals surface area contributed by atoms with E-state index in [-0.39, 0.29) is 29.7 Å². The van der Waals surface area contributed by atoms with Crippen LogP contribution in [-0.2, 0) is 20.6 Å². The Morgan fingerprint density at radius 1 is 0.800 bits per heavy atom. The number of aliphatic hydroxyl groups is 2. The summed E-state index contributed by atoms with van der Waals surface area (Å²) in [6.45, 7) is 12.9. The van der Waals surface area contributed by atoms with Crippen LogP contribution in [0.2, 0.25) is 0 Å². The number of nitrogens with zero attached hydrogens (tertiary/aromatic N) is 2. The minimum Gasteiger partial charge on any atom is -0.457 e. The van der Waals surface area contributed by atoms with Crippen molar-refractivity contribution in [3.8, 4) is 0 Å². The Kier molecular flexibility index (Phi) is 17.5. The number of cyclic esters (lactones) is 2. The van der Waals surface area contributed by atoms with Crippen LogP contribution in [0.1, 0.15) is 94.1 Å². The summed E-state index contributed by atoms with van der Waals surface area (Å²) in [6, 6.07) is -0.0947. The second-order valence-corrected chi connectivity index (χ2v) is 14.3. The van der Waals surface area contributed by atoms with Crippen molar-refractivity contribution in [2.45, 2.75) is 104 Å².